The maximum absolute atomic E-state index is 5.73. The summed E-state index contributed by atoms with van der Waals surface area (Å²) >= 11 is 0. The maximum atomic E-state index is 5.73. The number of hydrogen-bond donors (Lipinski definition) is 0. The van der Waals surface area contributed by atoms with Gasteiger partial charge in [0.1, 0.15) is 0 Å². The van der Waals surface area contributed by atoms with E-state index in [4.69, 9.17) is 14.2 Å². The van der Waals surface area contributed by atoms with Crippen molar-refractivity contribution in [1.82, 2.24) is 0 Å². The lowest BCUT2D eigenvalue weighted by molar-refractivity contribution is -0.292. The summed E-state index contributed by atoms with van der Waals surface area (Å²) in [6.45, 7) is 11.4. The first-order valence-corrected chi connectivity index (χ1v) is 6.39. The topological polar surface area (TPSA) is 27.7 Å². The summed E-state index contributed by atoms with van der Waals surface area (Å²) in [6.07, 6.45) is 3.35. The molecule has 1 heterocycles. The molecular weight excluding hydrogens is 204 g/mol. The first-order valence-electron chi connectivity index (χ1n) is 6.39. The summed E-state index contributed by atoms with van der Waals surface area (Å²) in [5.41, 5.74) is 0.0588. The van der Waals surface area contributed by atoms with Crippen molar-refractivity contribution in [3.8, 4) is 0 Å². The molecule has 1 aliphatic heterocycles. The van der Waals surface area contributed by atoms with E-state index < -0.39 is 5.79 Å². The lowest BCUT2D eigenvalue weighted by Crippen LogP contribution is -2.48. The average molecular weight is 230 g/mol. The van der Waals surface area contributed by atoms with Gasteiger partial charge in [-0.25, -0.2) is 0 Å². The highest BCUT2D eigenvalue weighted by atomic mass is 16.7. The lowest BCUT2D eigenvalue weighted by atomic mass is 9.87. The standard InChI is InChI=1S/C13H26O3/c1-5-7-8-14-9-13(6-2)10-15-12(3,4)16-11-13/h5-11H2,1-4H3. The van der Waals surface area contributed by atoms with Gasteiger partial charge in [0.05, 0.1) is 19.8 Å². The fraction of sp³-hybridized carbons (Fsp3) is 1.00. The molecule has 0 aromatic carbocycles. The van der Waals surface area contributed by atoms with Crippen LogP contribution in [0, 0.1) is 5.41 Å². The third kappa shape index (κ3) is 4.04. The molecule has 0 spiro atoms. The quantitative estimate of drug-likeness (QED) is 0.657. The van der Waals surface area contributed by atoms with Crippen LogP contribution in [0.2, 0.25) is 0 Å². The molecule has 0 aliphatic carbocycles. The second-order valence-corrected chi connectivity index (χ2v) is 5.24. The van der Waals surface area contributed by atoms with Crippen molar-refractivity contribution in [2.45, 2.75) is 52.7 Å². The summed E-state index contributed by atoms with van der Waals surface area (Å²) in [5.74, 6) is -0.428. The summed E-state index contributed by atoms with van der Waals surface area (Å²) in [4.78, 5) is 0. The molecular formula is C13H26O3. The van der Waals surface area contributed by atoms with E-state index in [0.29, 0.717) is 0 Å². The molecule has 3 heteroatoms. The number of unbranched alkanes of at least 4 members (excludes halogenated alkanes) is 1. The smallest absolute Gasteiger partial charge is 0.162 e. The second kappa shape index (κ2) is 5.99. The van der Waals surface area contributed by atoms with Crippen LogP contribution in [0.25, 0.3) is 0 Å². The average Bonchev–Trinajstić information content (AvgIpc) is 2.27. The van der Waals surface area contributed by atoms with Crippen LogP contribution >= 0.6 is 0 Å². The Balaban J connectivity index is 2.34. The van der Waals surface area contributed by atoms with Gasteiger partial charge in [-0.05, 0) is 26.7 Å². The van der Waals surface area contributed by atoms with Crippen LogP contribution in [-0.4, -0.2) is 32.2 Å². The van der Waals surface area contributed by atoms with Crippen LogP contribution in [0.15, 0.2) is 0 Å². The highest BCUT2D eigenvalue weighted by Gasteiger charge is 2.39. The van der Waals surface area contributed by atoms with Crippen molar-refractivity contribution >= 4 is 0 Å². The van der Waals surface area contributed by atoms with Gasteiger partial charge >= 0.3 is 0 Å². The molecule has 1 rings (SSSR count). The molecule has 3 nitrogen and oxygen atoms in total. The fourth-order valence-corrected chi connectivity index (χ4v) is 1.66. The predicted molar refractivity (Wildman–Crippen MR) is 64.4 cm³/mol. The fourth-order valence-electron chi connectivity index (χ4n) is 1.66. The van der Waals surface area contributed by atoms with Crippen LogP contribution in [0.4, 0.5) is 0 Å². The van der Waals surface area contributed by atoms with Crippen LogP contribution in [0.1, 0.15) is 47.0 Å². The van der Waals surface area contributed by atoms with Crippen molar-refractivity contribution in [2.24, 2.45) is 5.41 Å². The molecule has 0 N–H and O–H groups in total. The van der Waals surface area contributed by atoms with Crippen molar-refractivity contribution < 1.29 is 14.2 Å². The Kier molecular flexibility index (Phi) is 5.22. The molecule has 0 amide bonds. The molecule has 0 aromatic rings. The molecule has 1 fully saturated rings. The van der Waals surface area contributed by atoms with Crippen LogP contribution in [0.5, 0.6) is 0 Å². The number of hydrogen-bond acceptors (Lipinski definition) is 3. The monoisotopic (exact) mass is 230 g/mol. The molecule has 1 aliphatic rings. The Morgan fingerprint density at radius 2 is 1.75 bits per heavy atom. The molecule has 16 heavy (non-hydrogen) atoms. The highest BCUT2D eigenvalue weighted by Crippen LogP contribution is 2.32. The number of rotatable bonds is 6. The van der Waals surface area contributed by atoms with E-state index in [1.54, 1.807) is 0 Å². The molecule has 0 unspecified atom stereocenters. The summed E-state index contributed by atoms with van der Waals surface area (Å²) in [7, 11) is 0. The zero-order chi connectivity index (χ0) is 12.1. The Hall–Kier alpha value is -0.120. The SMILES string of the molecule is CCCCOCC1(CC)COC(C)(C)OC1. The van der Waals surface area contributed by atoms with Gasteiger partial charge in [-0.15, -0.1) is 0 Å². The van der Waals surface area contributed by atoms with Crippen molar-refractivity contribution in [3.05, 3.63) is 0 Å². The third-order valence-electron chi connectivity index (χ3n) is 3.25. The zero-order valence-electron chi connectivity index (χ0n) is 11.2. The third-order valence-corrected chi connectivity index (χ3v) is 3.25. The first kappa shape index (κ1) is 13.9. The van der Waals surface area contributed by atoms with E-state index in [1.807, 2.05) is 13.8 Å². The Morgan fingerprint density at radius 3 is 2.25 bits per heavy atom. The minimum Gasteiger partial charge on any atom is -0.381 e. The van der Waals surface area contributed by atoms with Crippen LogP contribution in [0.3, 0.4) is 0 Å². The Morgan fingerprint density at radius 1 is 1.12 bits per heavy atom. The van der Waals surface area contributed by atoms with Crippen molar-refractivity contribution in [3.63, 3.8) is 0 Å². The molecule has 0 bridgehead atoms. The molecule has 0 radical (unpaired) electrons. The van der Waals surface area contributed by atoms with E-state index in [1.165, 1.54) is 6.42 Å². The van der Waals surface area contributed by atoms with Gasteiger partial charge in [0, 0.05) is 12.0 Å². The van der Waals surface area contributed by atoms with Crippen molar-refractivity contribution in [2.75, 3.05) is 26.4 Å². The van der Waals surface area contributed by atoms with Gasteiger partial charge in [0.15, 0.2) is 5.79 Å². The molecule has 0 saturated carbocycles. The molecule has 1 saturated heterocycles. The molecule has 0 atom stereocenters. The van der Waals surface area contributed by atoms with Gasteiger partial charge in [0.2, 0.25) is 0 Å². The van der Waals surface area contributed by atoms with Crippen LogP contribution in [-0.2, 0) is 14.2 Å². The molecule has 0 aromatic heterocycles. The molecule has 96 valence electrons. The number of ether oxygens (including phenoxy) is 3. The van der Waals surface area contributed by atoms with Crippen molar-refractivity contribution in [1.29, 1.82) is 0 Å². The largest absolute Gasteiger partial charge is 0.381 e. The predicted octanol–water partition coefficient (Wildman–Crippen LogP) is 2.98. The van der Waals surface area contributed by atoms with Gasteiger partial charge in [0.25, 0.3) is 0 Å². The minimum absolute atomic E-state index is 0.0588. The minimum atomic E-state index is -0.428. The highest BCUT2D eigenvalue weighted by molar-refractivity contribution is 4.82. The summed E-state index contributed by atoms with van der Waals surface area (Å²) in [5, 5.41) is 0. The Labute approximate surface area is 99.5 Å². The van der Waals surface area contributed by atoms with Crippen LogP contribution < -0.4 is 0 Å². The van der Waals surface area contributed by atoms with E-state index in [0.717, 1.165) is 39.3 Å². The Bertz CT molecular complexity index is 191. The second-order valence-electron chi connectivity index (χ2n) is 5.24. The summed E-state index contributed by atoms with van der Waals surface area (Å²) < 4.78 is 17.2. The lowest BCUT2D eigenvalue weighted by Gasteiger charge is -2.42. The van der Waals surface area contributed by atoms with Gasteiger partial charge in [-0.3, -0.25) is 0 Å². The summed E-state index contributed by atoms with van der Waals surface area (Å²) in [6, 6.07) is 0. The zero-order valence-corrected chi connectivity index (χ0v) is 11.2. The van der Waals surface area contributed by atoms with Gasteiger partial charge < -0.3 is 14.2 Å². The first-order chi connectivity index (χ1) is 7.54. The maximum Gasteiger partial charge on any atom is 0.162 e. The van der Waals surface area contributed by atoms with E-state index in [-0.39, 0.29) is 5.41 Å². The van der Waals surface area contributed by atoms with Gasteiger partial charge in [-0.1, -0.05) is 20.3 Å². The van der Waals surface area contributed by atoms with E-state index in [9.17, 15) is 0 Å². The normalized spacial score (nSPS) is 23.2. The van der Waals surface area contributed by atoms with E-state index in [2.05, 4.69) is 13.8 Å². The van der Waals surface area contributed by atoms with E-state index >= 15 is 0 Å². The van der Waals surface area contributed by atoms with Gasteiger partial charge in [-0.2, -0.15) is 0 Å².